The fraction of sp³-hybridized carbons (Fsp3) is 0.737. The predicted octanol–water partition coefficient (Wildman–Crippen LogP) is 10.8. The van der Waals surface area contributed by atoms with Gasteiger partial charge >= 0.3 is 12.1 Å². The summed E-state index contributed by atoms with van der Waals surface area (Å²) < 4.78 is 13.4. The largest absolute Gasteiger partial charge is 0.444 e. The summed E-state index contributed by atoms with van der Waals surface area (Å²) in [6.07, 6.45) is 18.1. The van der Waals surface area contributed by atoms with Gasteiger partial charge in [-0.3, -0.25) is 0 Å². The van der Waals surface area contributed by atoms with Crippen molar-refractivity contribution in [3.63, 3.8) is 0 Å². The number of carbonyl (C=O) groups is 2. The van der Waals surface area contributed by atoms with Crippen LogP contribution in [-0.4, -0.2) is 43.1 Å². The molecule has 6 aliphatic carbocycles. The Morgan fingerprint density at radius 2 is 1.51 bits per heavy atom. The van der Waals surface area contributed by atoms with Crippen LogP contribution in [0, 0.1) is 35.5 Å². The van der Waals surface area contributed by atoms with Crippen LogP contribution >= 0.6 is 0 Å². The van der Waals surface area contributed by atoms with E-state index in [2.05, 4.69) is 41.9 Å². The number of aliphatic hydroxyl groups is 1. The molecule has 0 spiro atoms. The number of fused-ring (bicyclic) bond motifs is 7. The summed E-state index contributed by atoms with van der Waals surface area (Å²) in [6.45, 7) is 11.7. The zero-order valence-corrected chi connectivity index (χ0v) is 31.7. The first-order valence-electron chi connectivity index (χ1n) is 18.4. The molecule has 1 aliphatic heterocycles. The fourth-order valence-electron chi connectivity index (χ4n) is 8.28. The van der Waals surface area contributed by atoms with Crippen molar-refractivity contribution in [1.29, 1.82) is 0 Å². The van der Waals surface area contributed by atoms with Crippen LogP contribution in [0.15, 0.2) is 46.3 Å². The molecule has 8 rings (SSSR count). The van der Waals surface area contributed by atoms with Gasteiger partial charge in [-0.05, 0) is 136 Å². The Bertz CT molecular complexity index is 1430. The number of nitrogens with zero attached hydrogens (tertiary/aromatic N) is 6. The second-order valence-electron chi connectivity index (χ2n) is 16.8. The Morgan fingerprint density at radius 3 is 1.90 bits per heavy atom. The number of nitrogens with one attached hydrogen (secondary N) is 1. The molecular formula is C38H61N7O5Si. The lowest BCUT2D eigenvalue weighted by Gasteiger charge is -2.25. The summed E-state index contributed by atoms with van der Waals surface area (Å²) in [4.78, 5) is 28.0. The molecule has 0 aromatic heterocycles. The first-order valence-corrected chi connectivity index (χ1v) is 21.8. The van der Waals surface area contributed by atoms with E-state index < -0.39 is 20.5 Å². The van der Waals surface area contributed by atoms with Crippen LogP contribution in [0.25, 0.3) is 20.9 Å². The zero-order valence-electron chi connectivity index (χ0n) is 30.7. The van der Waals surface area contributed by atoms with Gasteiger partial charge < -0.3 is 19.9 Å². The van der Waals surface area contributed by atoms with Crippen LogP contribution in [0.4, 0.5) is 4.79 Å². The summed E-state index contributed by atoms with van der Waals surface area (Å²) in [5.41, 5.74) is 16.7. The van der Waals surface area contributed by atoms with E-state index >= 15 is 0 Å². The molecule has 5 fully saturated rings. The number of amides is 1. The predicted molar refractivity (Wildman–Crippen MR) is 203 cm³/mol. The molecule has 1 aromatic rings. The van der Waals surface area contributed by atoms with Gasteiger partial charge in [0, 0.05) is 22.6 Å². The molecule has 13 heteroatoms. The SMILES string of the molecule is C.C1=CC2CCC1C2.CC(C)(C)OC(=O)N[C@H]1CC2CCC1C2.C[Si](C)(C)N=[N+]=[N-].O=C1OC(O)c2ccccc21.[N-]=[N+]=N[C@H]1CC2CCC1C2. The van der Waals surface area contributed by atoms with Crippen LogP contribution in [0.1, 0.15) is 121 Å². The van der Waals surface area contributed by atoms with Gasteiger partial charge in [-0.2, -0.15) is 0 Å². The molecule has 282 valence electrons. The highest BCUT2D eigenvalue weighted by atomic mass is 28.3. The summed E-state index contributed by atoms with van der Waals surface area (Å²) in [7, 11) is -1.45. The fourth-order valence-corrected chi connectivity index (χ4v) is 8.55. The van der Waals surface area contributed by atoms with Gasteiger partial charge in [0.2, 0.25) is 6.29 Å². The van der Waals surface area contributed by atoms with Gasteiger partial charge in [-0.15, -0.1) is 4.78 Å². The number of carbonyl (C=O) groups excluding carboxylic acids is 2. The van der Waals surface area contributed by atoms with Gasteiger partial charge in [-0.1, -0.05) is 75.4 Å². The molecule has 7 unspecified atom stereocenters. The monoisotopic (exact) mass is 723 g/mol. The number of rotatable bonds is 3. The van der Waals surface area contributed by atoms with E-state index in [1.54, 1.807) is 24.3 Å². The van der Waals surface area contributed by atoms with E-state index in [1.165, 1.54) is 57.8 Å². The van der Waals surface area contributed by atoms with E-state index in [1.807, 2.05) is 40.4 Å². The molecular weight excluding hydrogens is 663 g/mol. The lowest BCUT2D eigenvalue weighted by molar-refractivity contribution is -0.0547. The molecule has 0 radical (unpaired) electrons. The average Bonchev–Trinajstić information content (AvgIpc) is 3.91. The molecule has 0 saturated heterocycles. The van der Waals surface area contributed by atoms with Gasteiger partial charge in [0.05, 0.1) is 5.56 Å². The molecule has 7 aliphatic rings. The van der Waals surface area contributed by atoms with Crippen molar-refractivity contribution in [3.05, 3.63) is 68.4 Å². The van der Waals surface area contributed by atoms with Crippen LogP contribution in [0.5, 0.6) is 0 Å². The average molecular weight is 724 g/mol. The van der Waals surface area contributed by atoms with Crippen molar-refractivity contribution in [2.45, 2.75) is 142 Å². The maximum Gasteiger partial charge on any atom is 0.407 e. The van der Waals surface area contributed by atoms with Crippen LogP contribution < -0.4 is 5.32 Å². The van der Waals surface area contributed by atoms with Gasteiger partial charge in [0.1, 0.15) is 13.8 Å². The first kappa shape index (κ1) is 41.9. The first-order chi connectivity index (χ1) is 23.6. The highest BCUT2D eigenvalue weighted by molar-refractivity contribution is 6.74. The van der Waals surface area contributed by atoms with Gasteiger partial charge in [0.25, 0.3) is 0 Å². The minimum atomic E-state index is -1.45. The molecule has 1 heterocycles. The van der Waals surface area contributed by atoms with Crippen LogP contribution in [0.2, 0.25) is 19.6 Å². The molecule has 12 nitrogen and oxygen atoms in total. The third-order valence-corrected chi connectivity index (χ3v) is 11.2. The molecule has 9 atom stereocenters. The van der Waals surface area contributed by atoms with Crippen molar-refractivity contribution in [1.82, 2.24) is 5.32 Å². The third kappa shape index (κ3) is 13.2. The molecule has 2 N–H and O–H groups in total. The number of hydrogen-bond donors (Lipinski definition) is 2. The summed E-state index contributed by atoms with van der Waals surface area (Å²) in [5, 5.41) is 15.9. The highest BCUT2D eigenvalue weighted by Crippen LogP contribution is 2.46. The smallest absolute Gasteiger partial charge is 0.407 e. The Balaban J connectivity index is 0.000000176. The maximum absolute atomic E-state index is 11.6. The zero-order chi connectivity index (χ0) is 36.5. The quantitative estimate of drug-likeness (QED) is 0.0784. The number of allylic oxidation sites excluding steroid dienone is 2. The third-order valence-electron chi connectivity index (χ3n) is 10.5. The van der Waals surface area contributed by atoms with E-state index in [4.69, 9.17) is 20.9 Å². The van der Waals surface area contributed by atoms with E-state index in [-0.39, 0.29) is 19.1 Å². The van der Waals surface area contributed by atoms with Crippen molar-refractivity contribution < 1.29 is 24.2 Å². The number of cyclic esters (lactones) is 1. The van der Waals surface area contributed by atoms with Crippen molar-refractivity contribution >= 4 is 20.3 Å². The Morgan fingerprint density at radius 1 is 0.902 bits per heavy atom. The minimum Gasteiger partial charge on any atom is -0.444 e. The normalized spacial score (nSPS) is 30.8. The summed E-state index contributed by atoms with van der Waals surface area (Å²) in [5.74, 6) is 4.72. The molecule has 5 saturated carbocycles. The summed E-state index contributed by atoms with van der Waals surface area (Å²) >= 11 is 0. The van der Waals surface area contributed by atoms with Gasteiger partial charge in [0.15, 0.2) is 0 Å². The Kier molecular flexibility index (Phi) is 15.5. The van der Waals surface area contributed by atoms with E-state index in [0.717, 1.165) is 42.4 Å². The number of esters is 1. The lowest BCUT2D eigenvalue weighted by Crippen LogP contribution is -2.41. The second kappa shape index (κ2) is 18.8. The second-order valence-corrected chi connectivity index (χ2v) is 21.3. The Hall–Kier alpha value is -3.50. The van der Waals surface area contributed by atoms with Crippen LogP contribution in [-0.2, 0) is 9.47 Å². The van der Waals surface area contributed by atoms with E-state index in [0.29, 0.717) is 29.1 Å². The topological polar surface area (TPSA) is 182 Å². The molecule has 6 bridgehead atoms. The minimum absolute atomic E-state index is 0. The number of hydrogen-bond acceptors (Lipinski definition) is 7. The molecule has 1 amide bonds. The number of benzene rings is 1. The van der Waals surface area contributed by atoms with Crippen LogP contribution in [0.3, 0.4) is 0 Å². The highest BCUT2D eigenvalue weighted by Gasteiger charge is 2.41. The van der Waals surface area contributed by atoms with Gasteiger partial charge in [-0.25, -0.2) is 9.59 Å². The maximum atomic E-state index is 11.6. The number of alkyl carbamates (subject to hydrolysis) is 1. The standard InChI is InChI=1S/C12H21NO2.C8H6O3.C7H11N3.C7H10.C3H9N3Si.CH4/c1-12(2,3)15-11(14)13-10-7-8-4-5-9(10)6-8;9-7-5-3-1-2-4-6(5)8(10)11-7;8-10-9-7-4-5-1-2-6(7)3-5;1-2-7-4-3-6(1)5-7;1-7(2,3)6-5-4;/h8-10H,4-7H2,1-3H3,(H,13,14);1-4,7,9H;5-7H,1-4H2;1-2,6-7H,3-5H2;1-3H3;1H4/t8?,9?,10-;;5?,6?,7-;;;/m0.0.../s1. The number of aliphatic hydroxyl groups excluding tert-OH is 1. The van der Waals surface area contributed by atoms with Crippen molar-refractivity contribution in [2.75, 3.05) is 0 Å². The van der Waals surface area contributed by atoms with Crippen molar-refractivity contribution in [2.24, 2.45) is 45.4 Å². The van der Waals surface area contributed by atoms with E-state index in [9.17, 15) is 9.59 Å². The molecule has 51 heavy (non-hydrogen) atoms. The van der Waals surface area contributed by atoms with Crippen molar-refractivity contribution in [3.8, 4) is 0 Å². The molecule has 1 aromatic carbocycles. The number of ether oxygens (including phenoxy) is 2. The number of azide groups is 2. The lowest BCUT2D eigenvalue weighted by atomic mass is 9.96. The Labute approximate surface area is 305 Å². The summed E-state index contributed by atoms with van der Waals surface area (Å²) in [6, 6.07) is 7.52.